The number of hydrogen-bond acceptors (Lipinski definition) is 4. The first kappa shape index (κ1) is 15.7. The average Bonchev–Trinajstić information content (AvgIpc) is 2.39. The zero-order chi connectivity index (χ0) is 15.9. The lowest BCUT2D eigenvalue weighted by atomic mass is 9.88. The van der Waals surface area contributed by atoms with Crippen molar-refractivity contribution in [2.45, 2.75) is 51.4 Å². The van der Waals surface area contributed by atoms with E-state index in [0.717, 1.165) is 36.2 Å². The fourth-order valence-electron chi connectivity index (χ4n) is 3.17. The molecule has 1 amide bonds. The fourth-order valence-corrected chi connectivity index (χ4v) is 3.40. The molecule has 3 aliphatic rings. The number of hydrogen-bond donors (Lipinski definition) is 0. The lowest BCUT2D eigenvalue weighted by Crippen LogP contribution is -2.70. The summed E-state index contributed by atoms with van der Waals surface area (Å²) in [4.78, 5) is 20.9. The van der Waals surface area contributed by atoms with Crippen LogP contribution in [0.3, 0.4) is 0 Å². The summed E-state index contributed by atoms with van der Waals surface area (Å²) in [5.41, 5.74) is 0.635. The van der Waals surface area contributed by atoms with Gasteiger partial charge in [0.2, 0.25) is 0 Å². The second-order valence-electron chi connectivity index (χ2n) is 7.09. The third-order valence-corrected chi connectivity index (χ3v) is 4.52. The molecule has 120 valence electrons. The molecule has 1 aromatic heterocycles. The molecule has 6 heteroatoms. The van der Waals surface area contributed by atoms with Gasteiger partial charge in [-0.3, -0.25) is 14.8 Å². The highest BCUT2D eigenvalue weighted by Gasteiger charge is 2.48. The van der Waals surface area contributed by atoms with Gasteiger partial charge < -0.3 is 4.74 Å². The van der Waals surface area contributed by atoms with Gasteiger partial charge in [0.05, 0.1) is 17.8 Å². The smallest absolute Gasteiger partial charge is 0.410 e. The van der Waals surface area contributed by atoms with E-state index in [4.69, 9.17) is 4.74 Å². The number of piperazine rings is 1. The molecule has 0 N–H and O–H groups in total. The molecule has 4 rings (SSSR count). The van der Waals surface area contributed by atoms with Crippen LogP contribution in [-0.4, -0.2) is 51.7 Å². The van der Waals surface area contributed by atoms with Gasteiger partial charge in [-0.25, -0.2) is 4.79 Å². The van der Waals surface area contributed by atoms with Gasteiger partial charge in [0, 0.05) is 30.3 Å². The third kappa shape index (κ3) is 3.43. The summed E-state index contributed by atoms with van der Waals surface area (Å²) in [7, 11) is 0. The summed E-state index contributed by atoms with van der Waals surface area (Å²) < 4.78 is 6.49. The molecule has 22 heavy (non-hydrogen) atoms. The average molecular weight is 368 g/mol. The summed E-state index contributed by atoms with van der Waals surface area (Å²) >= 11 is 3.40. The minimum absolute atomic E-state index is 0.171. The van der Waals surface area contributed by atoms with E-state index in [1.54, 1.807) is 0 Å². The first-order valence-corrected chi connectivity index (χ1v) is 8.45. The van der Waals surface area contributed by atoms with Crippen molar-refractivity contribution in [2.75, 3.05) is 13.1 Å². The Kier molecular flexibility index (Phi) is 4.16. The number of carbonyl (C=O) groups excluding carboxylic acids is 1. The number of aromatic nitrogens is 1. The van der Waals surface area contributed by atoms with Gasteiger partial charge in [-0.2, -0.15) is 0 Å². The Balaban J connectivity index is 1.56. The Labute approximate surface area is 139 Å². The lowest BCUT2D eigenvalue weighted by Gasteiger charge is -2.55. The molecule has 0 aromatic carbocycles. The fraction of sp³-hybridized carbons (Fsp3) is 0.625. The quantitative estimate of drug-likeness (QED) is 0.805. The predicted octanol–water partition coefficient (Wildman–Crippen LogP) is 3.04. The summed E-state index contributed by atoms with van der Waals surface area (Å²) in [6.07, 6.45) is 2.74. The molecule has 0 saturated carbocycles. The maximum atomic E-state index is 12.2. The van der Waals surface area contributed by atoms with E-state index in [-0.39, 0.29) is 18.2 Å². The van der Waals surface area contributed by atoms with Crippen molar-refractivity contribution in [3.05, 3.63) is 28.5 Å². The van der Waals surface area contributed by atoms with Crippen molar-refractivity contribution in [3.63, 3.8) is 0 Å². The molecule has 3 aliphatic heterocycles. The number of pyridine rings is 1. The summed E-state index contributed by atoms with van der Waals surface area (Å²) in [5, 5.41) is 0. The second-order valence-corrected chi connectivity index (χ2v) is 8.01. The Morgan fingerprint density at radius 1 is 1.36 bits per heavy atom. The number of halogens is 1. The number of rotatable bonds is 2. The minimum atomic E-state index is -0.429. The maximum absolute atomic E-state index is 12.2. The molecule has 0 spiro atoms. The number of carbonyl (C=O) groups is 1. The van der Waals surface area contributed by atoms with Crippen LogP contribution in [0.2, 0.25) is 0 Å². The molecule has 3 saturated heterocycles. The number of piperidine rings is 1. The van der Waals surface area contributed by atoms with E-state index in [9.17, 15) is 4.79 Å². The number of nitrogens with zero attached hydrogens (tertiary/aromatic N) is 3. The lowest BCUT2D eigenvalue weighted by molar-refractivity contribution is -0.0784. The predicted molar refractivity (Wildman–Crippen MR) is 87.5 cm³/mol. The number of ether oxygens (including phenoxy) is 1. The highest BCUT2D eigenvalue weighted by atomic mass is 79.9. The van der Waals surface area contributed by atoms with Crippen molar-refractivity contribution in [3.8, 4) is 0 Å². The monoisotopic (exact) mass is 367 g/mol. The van der Waals surface area contributed by atoms with Crippen molar-refractivity contribution >= 4 is 22.0 Å². The van der Waals surface area contributed by atoms with E-state index in [0.29, 0.717) is 0 Å². The molecule has 2 unspecified atom stereocenters. The van der Waals surface area contributed by atoms with Crippen LogP contribution in [0.25, 0.3) is 0 Å². The van der Waals surface area contributed by atoms with E-state index in [2.05, 4.69) is 25.8 Å². The highest BCUT2D eigenvalue weighted by Crippen LogP contribution is 2.34. The molecule has 4 heterocycles. The first-order valence-electron chi connectivity index (χ1n) is 7.66. The molecule has 0 aliphatic carbocycles. The molecular formula is C16H22BrN3O2. The normalized spacial score (nSPS) is 24.8. The topological polar surface area (TPSA) is 45.7 Å². The van der Waals surface area contributed by atoms with E-state index >= 15 is 0 Å². The van der Waals surface area contributed by atoms with Gasteiger partial charge in [0.25, 0.3) is 0 Å². The standard InChI is InChI=1S/C16H22BrN3O2/c1-16(2,3)22-15(21)20-13-6-14(20)10-19(9-13)8-12-5-4-11(17)7-18-12/h4-5,7,13-14H,6,8-10H2,1-3H3. The number of fused-ring (bicyclic) bond motifs is 2. The zero-order valence-electron chi connectivity index (χ0n) is 13.3. The summed E-state index contributed by atoms with van der Waals surface area (Å²) in [5.74, 6) is 0. The summed E-state index contributed by atoms with van der Waals surface area (Å²) in [6, 6.07) is 4.61. The van der Waals surface area contributed by atoms with Crippen LogP contribution in [0.4, 0.5) is 4.79 Å². The van der Waals surface area contributed by atoms with Crippen LogP contribution in [0, 0.1) is 0 Å². The molecule has 2 bridgehead atoms. The molecule has 3 fully saturated rings. The maximum Gasteiger partial charge on any atom is 0.410 e. The van der Waals surface area contributed by atoms with Crippen molar-refractivity contribution in [1.29, 1.82) is 0 Å². The Morgan fingerprint density at radius 3 is 2.59 bits per heavy atom. The van der Waals surface area contributed by atoms with E-state index < -0.39 is 5.60 Å². The van der Waals surface area contributed by atoms with Gasteiger partial charge >= 0.3 is 6.09 Å². The minimum Gasteiger partial charge on any atom is -0.444 e. The second kappa shape index (κ2) is 5.81. The molecular weight excluding hydrogens is 346 g/mol. The Hall–Kier alpha value is -1.14. The van der Waals surface area contributed by atoms with Gasteiger partial charge in [0.15, 0.2) is 0 Å². The van der Waals surface area contributed by atoms with Crippen molar-refractivity contribution in [2.24, 2.45) is 0 Å². The molecule has 5 nitrogen and oxygen atoms in total. The zero-order valence-corrected chi connectivity index (χ0v) is 14.8. The van der Waals surface area contributed by atoms with Gasteiger partial charge in [-0.1, -0.05) is 0 Å². The number of amides is 1. The highest BCUT2D eigenvalue weighted by molar-refractivity contribution is 9.10. The van der Waals surface area contributed by atoms with Gasteiger partial charge in [-0.15, -0.1) is 0 Å². The molecule has 1 aromatic rings. The van der Waals surface area contributed by atoms with Crippen LogP contribution in [0.5, 0.6) is 0 Å². The molecule has 2 atom stereocenters. The van der Waals surface area contributed by atoms with E-state index in [1.165, 1.54) is 0 Å². The van der Waals surface area contributed by atoms with Crippen LogP contribution in [-0.2, 0) is 11.3 Å². The van der Waals surface area contributed by atoms with E-state index in [1.807, 2.05) is 44.0 Å². The van der Waals surface area contributed by atoms with Crippen molar-refractivity contribution < 1.29 is 9.53 Å². The van der Waals surface area contributed by atoms with Crippen LogP contribution in [0.1, 0.15) is 32.9 Å². The van der Waals surface area contributed by atoms with Crippen LogP contribution >= 0.6 is 15.9 Å². The van der Waals surface area contributed by atoms with Crippen LogP contribution in [0.15, 0.2) is 22.8 Å². The first-order chi connectivity index (χ1) is 10.3. The Bertz CT molecular complexity index is 544. The third-order valence-electron chi connectivity index (χ3n) is 4.05. The van der Waals surface area contributed by atoms with Gasteiger partial charge in [0.1, 0.15) is 5.60 Å². The Morgan fingerprint density at radius 2 is 2.05 bits per heavy atom. The summed E-state index contributed by atoms with van der Waals surface area (Å²) in [6.45, 7) is 8.35. The van der Waals surface area contributed by atoms with Crippen molar-refractivity contribution in [1.82, 2.24) is 14.8 Å². The SMILES string of the molecule is CC(C)(C)OC(=O)N1C2CC1CN(Cc1ccc(Br)cn1)C2. The molecule has 0 radical (unpaired) electrons. The largest absolute Gasteiger partial charge is 0.444 e. The van der Waals surface area contributed by atoms with Crippen LogP contribution < -0.4 is 0 Å². The van der Waals surface area contributed by atoms with Gasteiger partial charge in [-0.05, 0) is 55.3 Å².